The number of carbonyl (C=O) groups excluding carboxylic acids is 1. The molecule has 3 nitrogen and oxygen atoms in total. The standard InChI is InChI=1S/C10H17F3N2OS/c11-10(12,13)7-14-6-9(16)15-5-8-1-3-17-4-2-8/h8,14H,1-7H2,(H,15,16). The lowest BCUT2D eigenvalue weighted by Gasteiger charge is -2.21. The summed E-state index contributed by atoms with van der Waals surface area (Å²) in [5, 5.41) is 4.73. The first-order valence-corrected chi connectivity index (χ1v) is 6.75. The summed E-state index contributed by atoms with van der Waals surface area (Å²) in [6.07, 6.45) is -2.12. The molecule has 0 aromatic rings. The summed E-state index contributed by atoms with van der Waals surface area (Å²) in [6.45, 7) is -0.825. The van der Waals surface area contributed by atoms with Crippen LogP contribution in [0.15, 0.2) is 0 Å². The fourth-order valence-electron chi connectivity index (χ4n) is 1.59. The van der Waals surface area contributed by atoms with Crippen LogP contribution in [0.5, 0.6) is 0 Å². The zero-order valence-corrected chi connectivity index (χ0v) is 10.3. The second kappa shape index (κ2) is 7.10. The third-order valence-electron chi connectivity index (χ3n) is 2.54. The number of amides is 1. The van der Waals surface area contributed by atoms with E-state index in [0.717, 1.165) is 24.3 Å². The maximum Gasteiger partial charge on any atom is 0.401 e. The van der Waals surface area contributed by atoms with Gasteiger partial charge in [0.1, 0.15) is 0 Å². The molecule has 1 aliphatic heterocycles. The van der Waals surface area contributed by atoms with E-state index in [0.29, 0.717) is 12.5 Å². The number of rotatable bonds is 5. The van der Waals surface area contributed by atoms with Crippen LogP contribution >= 0.6 is 11.8 Å². The van der Waals surface area contributed by atoms with E-state index in [1.54, 1.807) is 0 Å². The summed E-state index contributed by atoms with van der Waals surface area (Å²) in [5.41, 5.74) is 0. The van der Waals surface area contributed by atoms with Gasteiger partial charge in [-0.3, -0.25) is 4.79 Å². The van der Waals surface area contributed by atoms with Crippen molar-refractivity contribution in [2.45, 2.75) is 19.0 Å². The Labute approximate surface area is 103 Å². The van der Waals surface area contributed by atoms with Crippen molar-refractivity contribution in [2.75, 3.05) is 31.1 Å². The second-order valence-electron chi connectivity index (χ2n) is 4.08. The quantitative estimate of drug-likeness (QED) is 0.793. The smallest absolute Gasteiger partial charge is 0.355 e. The van der Waals surface area contributed by atoms with Gasteiger partial charge in [0, 0.05) is 6.54 Å². The molecule has 0 radical (unpaired) electrons. The Hall–Kier alpha value is -0.430. The lowest BCUT2D eigenvalue weighted by molar-refractivity contribution is -0.128. The second-order valence-corrected chi connectivity index (χ2v) is 5.30. The van der Waals surface area contributed by atoms with Crippen molar-refractivity contribution in [2.24, 2.45) is 5.92 Å². The van der Waals surface area contributed by atoms with Gasteiger partial charge >= 0.3 is 6.18 Å². The van der Waals surface area contributed by atoms with Crippen LogP contribution in [0.2, 0.25) is 0 Å². The monoisotopic (exact) mass is 270 g/mol. The summed E-state index contributed by atoms with van der Waals surface area (Å²) in [7, 11) is 0. The SMILES string of the molecule is O=C(CNCC(F)(F)F)NCC1CCSCC1. The van der Waals surface area contributed by atoms with Crippen LogP contribution in [0.25, 0.3) is 0 Å². The molecule has 100 valence electrons. The molecule has 0 spiro atoms. The van der Waals surface area contributed by atoms with Crippen LogP contribution < -0.4 is 10.6 Å². The number of nitrogens with one attached hydrogen (secondary N) is 2. The highest BCUT2D eigenvalue weighted by atomic mass is 32.2. The van der Waals surface area contributed by atoms with Crippen LogP contribution in [0.3, 0.4) is 0 Å². The molecule has 0 atom stereocenters. The summed E-state index contributed by atoms with van der Waals surface area (Å²) in [5.74, 6) is 2.31. The Morgan fingerprint density at radius 1 is 1.29 bits per heavy atom. The molecular weight excluding hydrogens is 253 g/mol. The van der Waals surface area contributed by atoms with Gasteiger partial charge in [0.05, 0.1) is 13.1 Å². The van der Waals surface area contributed by atoms with Crippen molar-refractivity contribution in [1.29, 1.82) is 0 Å². The fourth-order valence-corrected chi connectivity index (χ4v) is 2.79. The van der Waals surface area contributed by atoms with Crippen molar-refractivity contribution < 1.29 is 18.0 Å². The first-order chi connectivity index (χ1) is 7.97. The fraction of sp³-hybridized carbons (Fsp3) is 0.900. The summed E-state index contributed by atoms with van der Waals surface area (Å²) in [6, 6.07) is 0. The number of halogens is 3. The average Bonchev–Trinajstić information content (AvgIpc) is 2.26. The Morgan fingerprint density at radius 2 is 1.94 bits per heavy atom. The third kappa shape index (κ3) is 7.49. The predicted molar refractivity (Wildman–Crippen MR) is 62.0 cm³/mol. The molecule has 0 bridgehead atoms. The maximum atomic E-state index is 11.8. The van der Waals surface area contributed by atoms with Gasteiger partial charge < -0.3 is 10.6 Å². The van der Waals surface area contributed by atoms with Gasteiger partial charge in [0.25, 0.3) is 0 Å². The summed E-state index contributed by atoms with van der Waals surface area (Å²) in [4.78, 5) is 11.2. The van der Waals surface area contributed by atoms with Gasteiger partial charge in [-0.2, -0.15) is 24.9 Å². The van der Waals surface area contributed by atoms with E-state index in [1.807, 2.05) is 11.8 Å². The molecule has 17 heavy (non-hydrogen) atoms. The van der Waals surface area contributed by atoms with Gasteiger partial charge in [0.15, 0.2) is 0 Å². The van der Waals surface area contributed by atoms with Crippen molar-refractivity contribution in [1.82, 2.24) is 10.6 Å². The Balaban J connectivity index is 2.04. The van der Waals surface area contributed by atoms with Crippen LogP contribution in [0.1, 0.15) is 12.8 Å². The minimum atomic E-state index is -4.26. The maximum absolute atomic E-state index is 11.8. The van der Waals surface area contributed by atoms with Crippen molar-refractivity contribution in [3.8, 4) is 0 Å². The molecular formula is C10H17F3N2OS. The predicted octanol–water partition coefficient (Wildman–Crippen LogP) is 1.40. The number of hydrogen-bond acceptors (Lipinski definition) is 3. The van der Waals surface area contributed by atoms with E-state index in [1.165, 1.54) is 0 Å². The number of alkyl halides is 3. The molecule has 1 fully saturated rings. The molecule has 1 amide bonds. The lowest BCUT2D eigenvalue weighted by atomic mass is 10.0. The zero-order valence-electron chi connectivity index (χ0n) is 9.48. The van der Waals surface area contributed by atoms with Crippen molar-refractivity contribution in [3.63, 3.8) is 0 Å². The van der Waals surface area contributed by atoms with Crippen LogP contribution in [0, 0.1) is 5.92 Å². The molecule has 1 rings (SSSR count). The molecule has 7 heteroatoms. The largest absolute Gasteiger partial charge is 0.401 e. The van der Waals surface area contributed by atoms with Crippen LogP contribution in [0.4, 0.5) is 13.2 Å². The topological polar surface area (TPSA) is 41.1 Å². The van der Waals surface area contributed by atoms with Crippen LogP contribution in [-0.4, -0.2) is 43.2 Å². The highest BCUT2D eigenvalue weighted by Gasteiger charge is 2.26. The van der Waals surface area contributed by atoms with Gasteiger partial charge in [-0.25, -0.2) is 0 Å². The molecule has 0 aliphatic carbocycles. The molecule has 0 unspecified atom stereocenters. The molecule has 1 aliphatic rings. The van der Waals surface area contributed by atoms with Gasteiger partial charge in [-0.15, -0.1) is 0 Å². The Morgan fingerprint density at radius 3 is 2.53 bits per heavy atom. The van der Waals surface area contributed by atoms with E-state index in [4.69, 9.17) is 0 Å². The number of carbonyl (C=O) groups is 1. The molecule has 0 aromatic heterocycles. The van der Waals surface area contributed by atoms with Crippen molar-refractivity contribution in [3.05, 3.63) is 0 Å². The lowest BCUT2D eigenvalue weighted by Crippen LogP contribution is -2.40. The zero-order chi connectivity index (χ0) is 12.7. The van der Waals surface area contributed by atoms with Crippen LogP contribution in [-0.2, 0) is 4.79 Å². The molecule has 1 heterocycles. The minimum Gasteiger partial charge on any atom is -0.355 e. The third-order valence-corrected chi connectivity index (χ3v) is 3.59. The average molecular weight is 270 g/mol. The van der Waals surface area contributed by atoms with Gasteiger partial charge in [-0.1, -0.05) is 0 Å². The highest BCUT2D eigenvalue weighted by Crippen LogP contribution is 2.21. The van der Waals surface area contributed by atoms with Gasteiger partial charge in [0.2, 0.25) is 5.91 Å². The first-order valence-electron chi connectivity index (χ1n) is 5.59. The summed E-state index contributed by atoms with van der Waals surface area (Å²) >= 11 is 1.90. The van der Waals surface area contributed by atoms with Crippen molar-refractivity contribution >= 4 is 17.7 Å². The highest BCUT2D eigenvalue weighted by molar-refractivity contribution is 7.99. The molecule has 0 saturated carbocycles. The first kappa shape index (κ1) is 14.6. The number of hydrogen-bond donors (Lipinski definition) is 2. The van der Waals surface area contributed by atoms with Gasteiger partial charge in [-0.05, 0) is 30.3 Å². The van der Waals surface area contributed by atoms with E-state index in [9.17, 15) is 18.0 Å². The van der Waals surface area contributed by atoms with E-state index < -0.39 is 12.7 Å². The molecule has 1 saturated heterocycles. The van der Waals surface area contributed by atoms with E-state index in [-0.39, 0.29) is 12.5 Å². The Bertz CT molecular complexity index is 242. The minimum absolute atomic E-state index is 0.277. The summed E-state index contributed by atoms with van der Waals surface area (Å²) < 4.78 is 35.4. The molecule has 0 aromatic carbocycles. The number of thioether (sulfide) groups is 1. The molecule has 2 N–H and O–H groups in total. The van der Waals surface area contributed by atoms with E-state index >= 15 is 0 Å². The van der Waals surface area contributed by atoms with E-state index in [2.05, 4.69) is 10.6 Å². The normalized spacial score (nSPS) is 18.1. The Kier molecular flexibility index (Phi) is 6.11.